The molecule has 1 amide bonds. The van der Waals surface area contributed by atoms with Gasteiger partial charge in [0.05, 0.1) is 5.56 Å². The molecule has 0 unspecified atom stereocenters. The van der Waals surface area contributed by atoms with Gasteiger partial charge in [-0.25, -0.2) is 4.79 Å². The van der Waals surface area contributed by atoms with Crippen molar-refractivity contribution in [3.8, 4) is 0 Å². The summed E-state index contributed by atoms with van der Waals surface area (Å²) in [6, 6.07) is 12.9. The van der Waals surface area contributed by atoms with E-state index in [2.05, 4.69) is 5.32 Å². The molecule has 0 spiro atoms. The second-order valence-corrected chi connectivity index (χ2v) is 4.71. The van der Waals surface area contributed by atoms with Crippen molar-refractivity contribution in [2.75, 3.05) is 5.32 Å². The number of aryl methyl sites for hydroxylation is 1. The molecule has 2 rings (SSSR count). The molecular formula is C16H16N2O3. The molecule has 0 saturated carbocycles. The Kier molecular flexibility index (Phi) is 4.35. The average Bonchev–Trinajstić information content (AvgIpc) is 2.47. The first kappa shape index (κ1) is 14.7. The molecule has 21 heavy (non-hydrogen) atoms. The first-order valence-electron chi connectivity index (χ1n) is 6.44. The van der Waals surface area contributed by atoms with Crippen molar-refractivity contribution in [2.24, 2.45) is 5.73 Å². The lowest BCUT2D eigenvalue weighted by molar-refractivity contribution is -0.117. The monoisotopic (exact) mass is 284 g/mol. The molecule has 0 radical (unpaired) electrons. The van der Waals surface area contributed by atoms with Crippen LogP contribution in [0.4, 0.5) is 5.69 Å². The van der Waals surface area contributed by atoms with Gasteiger partial charge in [0.15, 0.2) is 0 Å². The number of carboxylic acid groups (broad SMARTS) is 1. The van der Waals surface area contributed by atoms with Crippen molar-refractivity contribution >= 4 is 17.6 Å². The zero-order valence-corrected chi connectivity index (χ0v) is 11.5. The highest BCUT2D eigenvalue weighted by Crippen LogP contribution is 2.17. The van der Waals surface area contributed by atoms with Gasteiger partial charge in [0, 0.05) is 5.69 Å². The van der Waals surface area contributed by atoms with Crippen LogP contribution in [-0.2, 0) is 4.79 Å². The highest BCUT2D eigenvalue weighted by atomic mass is 16.4. The summed E-state index contributed by atoms with van der Waals surface area (Å²) in [4.78, 5) is 23.0. The van der Waals surface area contributed by atoms with Crippen molar-refractivity contribution < 1.29 is 14.7 Å². The van der Waals surface area contributed by atoms with Crippen LogP contribution in [0, 0.1) is 6.92 Å². The molecule has 0 aliphatic carbocycles. The Bertz CT molecular complexity index is 668. The van der Waals surface area contributed by atoms with Gasteiger partial charge in [-0.15, -0.1) is 0 Å². The number of hydrogen-bond donors (Lipinski definition) is 3. The van der Waals surface area contributed by atoms with Crippen molar-refractivity contribution in [2.45, 2.75) is 13.0 Å². The summed E-state index contributed by atoms with van der Waals surface area (Å²) in [5.74, 6) is -1.34. The molecule has 1 atom stereocenters. The number of benzene rings is 2. The first-order chi connectivity index (χ1) is 9.99. The van der Waals surface area contributed by atoms with Crippen LogP contribution in [0.25, 0.3) is 0 Å². The molecule has 0 aliphatic heterocycles. The summed E-state index contributed by atoms with van der Waals surface area (Å²) in [7, 11) is 0. The van der Waals surface area contributed by atoms with Gasteiger partial charge in [0.25, 0.3) is 0 Å². The van der Waals surface area contributed by atoms with Gasteiger partial charge in [0.1, 0.15) is 6.04 Å². The van der Waals surface area contributed by atoms with Crippen LogP contribution < -0.4 is 11.1 Å². The fourth-order valence-electron chi connectivity index (χ4n) is 2.01. The predicted molar refractivity (Wildman–Crippen MR) is 80.1 cm³/mol. The number of carbonyl (C=O) groups excluding carboxylic acids is 1. The largest absolute Gasteiger partial charge is 0.478 e. The number of carboxylic acids is 1. The second kappa shape index (κ2) is 6.19. The Morgan fingerprint density at radius 1 is 1.14 bits per heavy atom. The van der Waals surface area contributed by atoms with Gasteiger partial charge in [-0.1, -0.05) is 30.3 Å². The smallest absolute Gasteiger partial charge is 0.335 e. The fourth-order valence-corrected chi connectivity index (χ4v) is 2.01. The summed E-state index contributed by atoms with van der Waals surface area (Å²) >= 11 is 0. The molecule has 0 aliphatic rings. The third-order valence-corrected chi connectivity index (χ3v) is 3.17. The lowest BCUT2D eigenvalue weighted by Gasteiger charge is -2.13. The van der Waals surface area contributed by atoms with Crippen LogP contribution in [-0.4, -0.2) is 17.0 Å². The van der Waals surface area contributed by atoms with E-state index in [4.69, 9.17) is 10.8 Å². The lowest BCUT2D eigenvalue weighted by Crippen LogP contribution is -2.27. The number of aromatic carboxylic acids is 1. The molecule has 0 aromatic heterocycles. The molecule has 5 nitrogen and oxygen atoms in total. The predicted octanol–water partition coefficient (Wildman–Crippen LogP) is 2.33. The van der Waals surface area contributed by atoms with Crippen LogP contribution in [0.1, 0.15) is 27.5 Å². The van der Waals surface area contributed by atoms with Gasteiger partial charge in [0.2, 0.25) is 5.91 Å². The standard InChI is InChI=1S/C16H16N2O3/c1-10-9-12(7-8-13(10)16(20)21)18-15(19)14(17)11-5-3-2-4-6-11/h2-9,14H,17H2,1H3,(H,18,19)(H,20,21)/t14-/m1/s1. The minimum Gasteiger partial charge on any atom is -0.478 e. The molecule has 0 saturated heterocycles. The average molecular weight is 284 g/mol. The Labute approximate surface area is 122 Å². The molecule has 4 N–H and O–H groups in total. The van der Waals surface area contributed by atoms with Crippen molar-refractivity contribution in [1.82, 2.24) is 0 Å². The topological polar surface area (TPSA) is 92.4 Å². The summed E-state index contributed by atoms with van der Waals surface area (Å²) < 4.78 is 0. The van der Waals surface area contributed by atoms with E-state index in [0.717, 1.165) is 0 Å². The zero-order valence-electron chi connectivity index (χ0n) is 11.5. The maximum atomic E-state index is 12.1. The Hall–Kier alpha value is -2.66. The van der Waals surface area contributed by atoms with E-state index in [1.54, 1.807) is 31.2 Å². The van der Waals surface area contributed by atoms with E-state index < -0.39 is 12.0 Å². The Balaban J connectivity index is 2.13. The number of amides is 1. The normalized spacial score (nSPS) is 11.7. The third kappa shape index (κ3) is 3.46. The number of anilines is 1. The van der Waals surface area contributed by atoms with Crippen LogP contribution in [0.2, 0.25) is 0 Å². The first-order valence-corrected chi connectivity index (χ1v) is 6.44. The fraction of sp³-hybridized carbons (Fsp3) is 0.125. The van der Waals surface area contributed by atoms with E-state index in [-0.39, 0.29) is 11.5 Å². The molecular weight excluding hydrogens is 268 g/mol. The number of nitrogens with two attached hydrogens (primary N) is 1. The second-order valence-electron chi connectivity index (χ2n) is 4.71. The van der Waals surface area contributed by atoms with Gasteiger partial charge >= 0.3 is 5.97 Å². The molecule has 2 aromatic rings. The van der Waals surface area contributed by atoms with Crippen LogP contribution in [0.3, 0.4) is 0 Å². The molecule has 5 heteroatoms. The van der Waals surface area contributed by atoms with Crippen LogP contribution in [0.5, 0.6) is 0 Å². The summed E-state index contributed by atoms with van der Waals surface area (Å²) in [6.07, 6.45) is 0. The van der Waals surface area contributed by atoms with Crippen molar-refractivity contribution in [3.05, 3.63) is 65.2 Å². The highest BCUT2D eigenvalue weighted by molar-refractivity contribution is 5.96. The Morgan fingerprint density at radius 3 is 2.38 bits per heavy atom. The van der Waals surface area contributed by atoms with Crippen molar-refractivity contribution in [3.63, 3.8) is 0 Å². The molecule has 0 heterocycles. The quantitative estimate of drug-likeness (QED) is 0.803. The van der Waals surface area contributed by atoms with E-state index in [1.807, 2.05) is 18.2 Å². The molecule has 0 fully saturated rings. The van der Waals surface area contributed by atoms with Gasteiger partial charge in [-0.05, 0) is 36.2 Å². The minimum absolute atomic E-state index is 0.209. The number of hydrogen-bond acceptors (Lipinski definition) is 3. The highest BCUT2D eigenvalue weighted by Gasteiger charge is 2.16. The zero-order chi connectivity index (χ0) is 15.4. The van der Waals surface area contributed by atoms with Crippen molar-refractivity contribution in [1.29, 1.82) is 0 Å². The van der Waals surface area contributed by atoms with Gasteiger partial charge < -0.3 is 16.2 Å². The molecule has 108 valence electrons. The van der Waals surface area contributed by atoms with E-state index >= 15 is 0 Å². The number of rotatable bonds is 4. The maximum absolute atomic E-state index is 12.1. The number of carbonyl (C=O) groups is 2. The summed E-state index contributed by atoms with van der Waals surface area (Å²) in [5, 5.41) is 11.7. The van der Waals surface area contributed by atoms with Gasteiger partial charge in [-0.2, -0.15) is 0 Å². The van der Waals surface area contributed by atoms with E-state index in [9.17, 15) is 9.59 Å². The summed E-state index contributed by atoms with van der Waals surface area (Å²) in [6.45, 7) is 1.68. The Morgan fingerprint density at radius 2 is 1.81 bits per heavy atom. The molecule has 2 aromatic carbocycles. The maximum Gasteiger partial charge on any atom is 0.335 e. The van der Waals surface area contributed by atoms with Crippen LogP contribution in [0.15, 0.2) is 48.5 Å². The third-order valence-electron chi connectivity index (χ3n) is 3.17. The number of nitrogens with one attached hydrogen (secondary N) is 1. The SMILES string of the molecule is Cc1cc(NC(=O)[C@H](N)c2ccccc2)ccc1C(=O)O. The van der Waals surface area contributed by atoms with Crippen LogP contribution >= 0.6 is 0 Å². The molecule has 0 bridgehead atoms. The van der Waals surface area contributed by atoms with E-state index in [0.29, 0.717) is 16.8 Å². The van der Waals surface area contributed by atoms with E-state index in [1.165, 1.54) is 6.07 Å². The lowest BCUT2D eigenvalue weighted by atomic mass is 10.1. The minimum atomic E-state index is -0.994. The summed E-state index contributed by atoms with van der Waals surface area (Å²) in [5.41, 5.74) is 7.92. The van der Waals surface area contributed by atoms with Gasteiger partial charge in [-0.3, -0.25) is 4.79 Å².